The number of rotatable bonds is 5. The molecule has 1 atom stereocenters. The molecule has 1 aliphatic rings. The lowest BCUT2D eigenvalue weighted by Gasteiger charge is -2.18. The Balaban J connectivity index is 1.71. The van der Waals surface area contributed by atoms with Gasteiger partial charge in [-0.3, -0.25) is 9.59 Å². The van der Waals surface area contributed by atoms with Gasteiger partial charge in [-0.05, 0) is 55.6 Å². The SMILES string of the molecule is CN(C)CCOc1ccc2c(ccc3onc(C4CCC(=O)CC4=O)c32)c1. The number of benzene rings is 2. The minimum absolute atomic E-state index is 0.00630. The smallest absolute Gasteiger partial charge is 0.167 e. The highest BCUT2D eigenvalue weighted by Gasteiger charge is 2.32. The number of Topliss-reactive ketones (excluding diaryl/α,β-unsaturated/α-hetero) is 2. The second-order valence-corrected chi connectivity index (χ2v) is 7.31. The first-order chi connectivity index (χ1) is 13.0. The van der Waals surface area contributed by atoms with Crippen molar-refractivity contribution in [3.63, 3.8) is 0 Å². The van der Waals surface area contributed by atoms with Crippen LogP contribution in [0.5, 0.6) is 5.75 Å². The van der Waals surface area contributed by atoms with Crippen LogP contribution >= 0.6 is 0 Å². The third kappa shape index (κ3) is 3.45. The number of aromatic nitrogens is 1. The Hall–Kier alpha value is -2.73. The van der Waals surface area contributed by atoms with E-state index in [0.717, 1.165) is 28.5 Å². The normalized spacial score (nSPS) is 18.0. The van der Waals surface area contributed by atoms with Crippen molar-refractivity contribution in [3.8, 4) is 5.75 Å². The first-order valence-corrected chi connectivity index (χ1v) is 9.17. The summed E-state index contributed by atoms with van der Waals surface area (Å²) in [4.78, 5) is 26.0. The predicted molar refractivity (Wildman–Crippen MR) is 102 cm³/mol. The zero-order valence-corrected chi connectivity index (χ0v) is 15.5. The van der Waals surface area contributed by atoms with Crippen molar-refractivity contribution in [2.45, 2.75) is 25.2 Å². The van der Waals surface area contributed by atoms with Crippen LogP contribution in [0.4, 0.5) is 0 Å². The maximum absolute atomic E-state index is 12.4. The zero-order valence-electron chi connectivity index (χ0n) is 15.5. The van der Waals surface area contributed by atoms with E-state index in [-0.39, 0.29) is 23.9 Å². The van der Waals surface area contributed by atoms with Crippen LogP contribution in [0.15, 0.2) is 34.9 Å². The van der Waals surface area contributed by atoms with E-state index in [1.54, 1.807) is 0 Å². The van der Waals surface area contributed by atoms with Gasteiger partial charge in [-0.1, -0.05) is 11.2 Å². The van der Waals surface area contributed by atoms with E-state index in [1.165, 1.54) is 0 Å². The van der Waals surface area contributed by atoms with Gasteiger partial charge in [0, 0.05) is 13.0 Å². The van der Waals surface area contributed by atoms with Gasteiger partial charge in [0.15, 0.2) is 5.58 Å². The third-order valence-corrected chi connectivity index (χ3v) is 5.06. The number of hydrogen-bond acceptors (Lipinski definition) is 6. The first kappa shape index (κ1) is 17.7. The number of ether oxygens (including phenoxy) is 1. The summed E-state index contributed by atoms with van der Waals surface area (Å²) in [7, 11) is 4.02. The van der Waals surface area contributed by atoms with Gasteiger partial charge in [-0.25, -0.2) is 0 Å². The summed E-state index contributed by atoms with van der Waals surface area (Å²) in [5.41, 5.74) is 1.30. The topological polar surface area (TPSA) is 72.6 Å². The highest BCUT2D eigenvalue weighted by molar-refractivity contribution is 6.11. The van der Waals surface area contributed by atoms with Crippen LogP contribution in [-0.2, 0) is 9.59 Å². The van der Waals surface area contributed by atoms with Gasteiger partial charge in [0.1, 0.15) is 29.6 Å². The van der Waals surface area contributed by atoms with Crippen molar-refractivity contribution in [1.29, 1.82) is 0 Å². The van der Waals surface area contributed by atoms with Gasteiger partial charge in [0.25, 0.3) is 0 Å². The second-order valence-electron chi connectivity index (χ2n) is 7.31. The fraction of sp³-hybridized carbons (Fsp3) is 0.381. The van der Waals surface area contributed by atoms with E-state index in [1.807, 2.05) is 44.4 Å². The number of carbonyl (C=O) groups excluding carboxylic acids is 2. The number of hydrogen-bond donors (Lipinski definition) is 0. The summed E-state index contributed by atoms with van der Waals surface area (Å²) in [5, 5.41) is 7.04. The van der Waals surface area contributed by atoms with Gasteiger partial charge in [0.05, 0.1) is 17.7 Å². The van der Waals surface area contributed by atoms with Crippen molar-refractivity contribution in [1.82, 2.24) is 10.1 Å². The molecule has 0 spiro atoms. The summed E-state index contributed by atoms with van der Waals surface area (Å²) >= 11 is 0. The number of likely N-dealkylation sites (N-methyl/N-ethyl adjacent to an activating group) is 1. The average Bonchev–Trinajstić information content (AvgIpc) is 3.05. The Bertz CT molecular complexity index is 1020. The Labute approximate surface area is 157 Å². The van der Waals surface area contributed by atoms with E-state index in [2.05, 4.69) is 10.1 Å². The van der Waals surface area contributed by atoms with E-state index in [0.29, 0.717) is 30.7 Å². The molecule has 27 heavy (non-hydrogen) atoms. The fourth-order valence-electron chi connectivity index (χ4n) is 3.61. The quantitative estimate of drug-likeness (QED) is 0.645. The Kier molecular flexibility index (Phi) is 4.66. The molecule has 6 nitrogen and oxygen atoms in total. The molecule has 1 fully saturated rings. The maximum Gasteiger partial charge on any atom is 0.167 e. The Morgan fingerprint density at radius 3 is 2.85 bits per heavy atom. The number of ketones is 2. The average molecular weight is 366 g/mol. The van der Waals surface area contributed by atoms with Gasteiger partial charge in [-0.15, -0.1) is 0 Å². The molecule has 0 N–H and O–H groups in total. The molecular formula is C21H22N2O4. The number of fused-ring (bicyclic) bond motifs is 3. The highest BCUT2D eigenvalue weighted by Crippen LogP contribution is 2.37. The van der Waals surface area contributed by atoms with Crippen molar-refractivity contribution >= 4 is 33.3 Å². The van der Waals surface area contributed by atoms with E-state index in [4.69, 9.17) is 9.26 Å². The van der Waals surface area contributed by atoms with Crippen LogP contribution in [0.25, 0.3) is 21.7 Å². The van der Waals surface area contributed by atoms with Crippen molar-refractivity contribution in [3.05, 3.63) is 36.0 Å². The van der Waals surface area contributed by atoms with Crippen molar-refractivity contribution in [2.75, 3.05) is 27.2 Å². The van der Waals surface area contributed by atoms with Gasteiger partial charge < -0.3 is 14.2 Å². The standard InChI is InChI=1S/C21H22N2O4/c1-23(2)9-10-26-15-5-7-16-13(11-15)3-8-19-20(16)21(22-27-19)17-6-4-14(24)12-18(17)25/h3,5,7-8,11,17H,4,6,9-10,12H2,1-2H3. The molecule has 2 aromatic carbocycles. The number of nitrogens with zero attached hydrogens (tertiary/aromatic N) is 2. The van der Waals surface area contributed by atoms with Crippen LogP contribution in [0, 0.1) is 0 Å². The van der Waals surface area contributed by atoms with Crippen LogP contribution in [0.3, 0.4) is 0 Å². The molecular weight excluding hydrogens is 344 g/mol. The molecule has 1 saturated carbocycles. The lowest BCUT2D eigenvalue weighted by atomic mass is 9.83. The molecule has 6 heteroatoms. The lowest BCUT2D eigenvalue weighted by molar-refractivity contribution is -0.130. The second kappa shape index (κ2) is 7.12. The monoisotopic (exact) mass is 366 g/mol. The summed E-state index contributed by atoms with van der Waals surface area (Å²) in [5.74, 6) is 0.377. The largest absolute Gasteiger partial charge is 0.492 e. The summed E-state index contributed by atoms with van der Waals surface area (Å²) in [6.45, 7) is 1.46. The van der Waals surface area contributed by atoms with Crippen LogP contribution in [0.1, 0.15) is 30.9 Å². The molecule has 0 radical (unpaired) electrons. The van der Waals surface area contributed by atoms with Gasteiger partial charge in [-0.2, -0.15) is 0 Å². The Morgan fingerprint density at radius 1 is 1.22 bits per heavy atom. The third-order valence-electron chi connectivity index (χ3n) is 5.06. The molecule has 0 bridgehead atoms. The molecule has 1 aromatic heterocycles. The molecule has 1 heterocycles. The molecule has 0 amide bonds. The molecule has 0 saturated heterocycles. The molecule has 3 aromatic rings. The predicted octanol–water partition coefficient (Wildman–Crippen LogP) is 3.33. The van der Waals surface area contributed by atoms with Gasteiger partial charge >= 0.3 is 0 Å². The molecule has 0 aliphatic heterocycles. The molecule has 140 valence electrons. The van der Waals surface area contributed by atoms with E-state index >= 15 is 0 Å². The Morgan fingerprint density at radius 2 is 2.07 bits per heavy atom. The van der Waals surface area contributed by atoms with Crippen LogP contribution in [0.2, 0.25) is 0 Å². The van der Waals surface area contributed by atoms with E-state index < -0.39 is 0 Å². The fourth-order valence-corrected chi connectivity index (χ4v) is 3.61. The zero-order chi connectivity index (χ0) is 19.0. The minimum atomic E-state index is -0.370. The molecule has 4 rings (SSSR count). The first-order valence-electron chi connectivity index (χ1n) is 9.17. The van der Waals surface area contributed by atoms with Gasteiger partial charge in [0.2, 0.25) is 0 Å². The highest BCUT2D eigenvalue weighted by atomic mass is 16.5. The summed E-state index contributed by atoms with van der Waals surface area (Å²) in [6, 6.07) is 9.75. The van der Waals surface area contributed by atoms with Crippen molar-refractivity contribution in [2.24, 2.45) is 0 Å². The maximum atomic E-state index is 12.4. The summed E-state index contributed by atoms with van der Waals surface area (Å²) in [6.07, 6.45) is 0.911. The lowest BCUT2D eigenvalue weighted by Crippen LogP contribution is -2.23. The molecule has 1 unspecified atom stereocenters. The van der Waals surface area contributed by atoms with E-state index in [9.17, 15) is 9.59 Å². The summed E-state index contributed by atoms with van der Waals surface area (Å²) < 4.78 is 11.3. The minimum Gasteiger partial charge on any atom is -0.492 e. The molecule has 1 aliphatic carbocycles. The van der Waals surface area contributed by atoms with Crippen molar-refractivity contribution < 1.29 is 18.8 Å². The van der Waals surface area contributed by atoms with Crippen LogP contribution < -0.4 is 4.74 Å². The van der Waals surface area contributed by atoms with Crippen LogP contribution in [-0.4, -0.2) is 48.9 Å². The number of carbonyl (C=O) groups is 2.